The van der Waals surface area contributed by atoms with Crippen LogP contribution in [0.2, 0.25) is 0 Å². The number of aliphatic hydroxyl groups excluding tert-OH is 5. The summed E-state index contributed by atoms with van der Waals surface area (Å²) in [7, 11) is 0. The summed E-state index contributed by atoms with van der Waals surface area (Å²) in [4.78, 5) is 25.1. The zero-order valence-electron chi connectivity index (χ0n) is 50.4. The van der Waals surface area contributed by atoms with Gasteiger partial charge in [0.1, 0.15) is 24.4 Å². The van der Waals surface area contributed by atoms with Gasteiger partial charge in [-0.1, -0.05) is 255 Å². The van der Waals surface area contributed by atoms with E-state index >= 15 is 0 Å². The van der Waals surface area contributed by atoms with Crippen molar-refractivity contribution < 1.29 is 49.3 Å². The summed E-state index contributed by atoms with van der Waals surface area (Å²) in [6.45, 7) is 4.32. The fraction of sp³-hybridized carbons (Fsp3) is 0.851. The van der Waals surface area contributed by atoms with Gasteiger partial charge in [-0.25, -0.2) is 0 Å². The number of esters is 1. The third-order valence-corrected chi connectivity index (χ3v) is 15.4. The normalized spacial score (nSPS) is 18.8. The molecule has 0 aliphatic carbocycles. The van der Waals surface area contributed by atoms with Crippen molar-refractivity contribution in [1.29, 1.82) is 0 Å². The molecule has 0 saturated carbocycles. The Morgan fingerprint density at radius 3 is 1.27 bits per heavy atom. The van der Waals surface area contributed by atoms with Gasteiger partial charge in [0.2, 0.25) is 5.91 Å². The van der Waals surface area contributed by atoms with Crippen molar-refractivity contribution in [2.24, 2.45) is 0 Å². The van der Waals surface area contributed by atoms with E-state index in [-0.39, 0.29) is 18.5 Å². The summed E-state index contributed by atoms with van der Waals surface area (Å²) < 4.78 is 16.7. The molecule has 0 aromatic rings. The molecule has 1 rings (SSSR count). The molecule has 11 heteroatoms. The zero-order chi connectivity index (χ0) is 56.6. The number of nitrogens with one attached hydrogen (secondary N) is 1. The molecular weight excluding hydrogens is 979 g/mol. The summed E-state index contributed by atoms with van der Waals surface area (Å²) in [6.07, 6.45) is 62.1. The standard InChI is InChI=1S/C67H123NO10/c1-3-5-7-9-11-13-15-16-27-30-34-37-41-45-49-53-60(70)59(58-77-67-66(75)65(74)64(73)61(57-69)78-67)68-62(71)54-50-46-42-38-35-31-28-25-23-21-19-17-18-20-22-24-26-29-32-36-40-44-48-52-56-76-63(72)55-51-47-43-39-33-14-12-10-8-6-4-2/h15-16,19,21,34,37,49,53,59-61,64-67,69-70,73-75H,3-14,17-18,20,22-33,35-36,38-48,50-52,54-58H2,1-2H3,(H,68,71)/b16-15+,21-19-,37-34+,53-49+. The molecule has 0 spiro atoms. The van der Waals surface area contributed by atoms with E-state index < -0.39 is 49.5 Å². The van der Waals surface area contributed by atoms with Gasteiger partial charge in [-0.3, -0.25) is 9.59 Å². The van der Waals surface area contributed by atoms with E-state index in [4.69, 9.17) is 14.2 Å². The summed E-state index contributed by atoms with van der Waals surface area (Å²) in [6, 6.07) is -0.839. The van der Waals surface area contributed by atoms with Gasteiger partial charge in [-0.05, 0) is 83.5 Å². The van der Waals surface area contributed by atoms with Gasteiger partial charge < -0.3 is 45.1 Å². The Balaban J connectivity index is 2.07. The molecular formula is C67H123NO10. The van der Waals surface area contributed by atoms with Crippen LogP contribution in [-0.2, 0) is 23.8 Å². The van der Waals surface area contributed by atoms with Crippen LogP contribution >= 0.6 is 0 Å². The fourth-order valence-corrected chi connectivity index (χ4v) is 10.2. The maximum absolute atomic E-state index is 13.1. The molecule has 0 radical (unpaired) electrons. The van der Waals surface area contributed by atoms with Crippen LogP contribution in [0.15, 0.2) is 48.6 Å². The number of carbonyl (C=O) groups is 2. The highest BCUT2D eigenvalue weighted by Gasteiger charge is 2.44. The summed E-state index contributed by atoms with van der Waals surface area (Å²) in [5, 5.41) is 54.5. The van der Waals surface area contributed by atoms with Gasteiger partial charge in [0.15, 0.2) is 6.29 Å². The monoisotopic (exact) mass is 1100 g/mol. The molecule has 7 atom stereocenters. The number of hydrogen-bond acceptors (Lipinski definition) is 10. The van der Waals surface area contributed by atoms with Crippen LogP contribution in [-0.4, -0.2) is 100 Å². The first-order valence-corrected chi connectivity index (χ1v) is 32.9. The second-order valence-corrected chi connectivity index (χ2v) is 22.8. The van der Waals surface area contributed by atoms with Gasteiger partial charge in [0.25, 0.3) is 0 Å². The number of aliphatic hydroxyl groups is 5. The topological polar surface area (TPSA) is 175 Å². The maximum Gasteiger partial charge on any atom is 0.305 e. The molecule has 1 amide bonds. The largest absolute Gasteiger partial charge is 0.466 e. The lowest BCUT2D eigenvalue weighted by atomic mass is 9.99. The number of rotatable bonds is 57. The van der Waals surface area contributed by atoms with Crippen molar-refractivity contribution in [3.63, 3.8) is 0 Å². The predicted octanol–water partition coefficient (Wildman–Crippen LogP) is 16.0. The molecule has 7 unspecified atom stereocenters. The first-order valence-electron chi connectivity index (χ1n) is 32.9. The lowest BCUT2D eigenvalue weighted by Gasteiger charge is -2.40. The van der Waals surface area contributed by atoms with E-state index in [1.54, 1.807) is 6.08 Å². The summed E-state index contributed by atoms with van der Waals surface area (Å²) in [5.74, 6) is -0.200. The van der Waals surface area contributed by atoms with E-state index in [9.17, 15) is 35.1 Å². The Hall–Kier alpha value is -2.38. The van der Waals surface area contributed by atoms with Crippen LogP contribution < -0.4 is 5.32 Å². The Kier molecular flexibility index (Phi) is 53.3. The molecule has 1 heterocycles. The van der Waals surface area contributed by atoms with Crippen molar-refractivity contribution in [3.05, 3.63) is 48.6 Å². The minimum atomic E-state index is -1.58. The first kappa shape index (κ1) is 73.6. The molecule has 6 N–H and O–H groups in total. The Morgan fingerprint density at radius 1 is 0.462 bits per heavy atom. The minimum Gasteiger partial charge on any atom is -0.466 e. The van der Waals surface area contributed by atoms with Gasteiger partial charge in [0, 0.05) is 12.8 Å². The van der Waals surface area contributed by atoms with Gasteiger partial charge in [0.05, 0.1) is 32.0 Å². The number of hydrogen-bond donors (Lipinski definition) is 6. The highest BCUT2D eigenvalue weighted by Crippen LogP contribution is 2.23. The van der Waals surface area contributed by atoms with Crippen molar-refractivity contribution in [2.75, 3.05) is 19.8 Å². The highest BCUT2D eigenvalue weighted by molar-refractivity contribution is 5.76. The number of carbonyl (C=O) groups excluding carboxylic acids is 2. The van der Waals surface area contributed by atoms with E-state index in [1.807, 2.05) is 6.08 Å². The molecule has 0 bridgehead atoms. The summed E-state index contributed by atoms with van der Waals surface area (Å²) >= 11 is 0. The Labute approximate surface area is 478 Å². The number of allylic oxidation sites excluding steroid dienone is 7. The average Bonchev–Trinajstić information content (AvgIpc) is 3.45. The number of amides is 1. The van der Waals surface area contributed by atoms with Crippen molar-refractivity contribution in [2.45, 2.75) is 346 Å². The molecule has 456 valence electrons. The lowest BCUT2D eigenvalue weighted by Crippen LogP contribution is -2.60. The molecule has 1 aliphatic heterocycles. The van der Waals surface area contributed by atoms with Crippen molar-refractivity contribution in [3.8, 4) is 0 Å². The fourth-order valence-electron chi connectivity index (χ4n) is 10.2. The van der Waals surface area contributed by atoms with Gasteiger partial charge in [-0.15, -0.1) is 0 Å². The lowest BCUT2D eigenvalue weighted by molar-refractivity contribution is -0.302. The van der Waals surface area contributed by atoms with Crippen LogP contribution in [0.1, 0.15) is 303 Å². The number of ether oxygens (including phenoxy) is 3. The second-order valence-electron chi connectivity index (χ2n) is 22.8. The average molecular weight is 1100 g/mol. The third-order valence-electron chi connectivity index (χ3n) is 15.4. The Morgan fingerprint density at radius 2 is 0.833 bits per heavy atom. The molecule has 78 heavy (non-hydrogen) atoms. The third kappa shape index (κ3) is 45.3. The van der Waals surface area contributed by atoms with Crippen molar-refractivity contribution >= 4 is 11.9 Å². The molecule has 1 aliphatic rings. The zero-order valence-corrected chi connectivity index (χ0v) is 50.4. The van der Waals surface area contributed by atoms with Crippen LogP contribution in [0.25, 0.3) is 0 Å². The SMILES string of the molecule is CCCCCCC/C=C/CC/C=C/CC/C=C/C(O)C(COC1OC(CO)C(O)C(O)C1O)NC(=O)CCCCCCCCCC/C=C\CCCCCCCCCCCCCCOC(=O)CCCCCCCCCCCCC. The van der Waals surface area contributed by atoms with Crippen LogP contribution in [0.3, 0.4) is 0 Å². The Bertz CT molecular complexity index is 1430. The van der Waals surface area contributed by atoms with E-state index in [0.717, 1.165) is 83.5 Å². The van der Waals surface area contributed by atoms with Crippen LogP contribution in [0, 0.1) is 0 Å². The minimum absolute atomic E-state index is 0.000272. The van der Waals surface area contributed by atoms with Gasteiger partial charge in [-0.2, -0.15) is 0 Å². The van der Waals surface area contributed by atoms with Crippen LogP contribution in [0.4, 0.5) is 0 Å². The molecule has 0 aromatic heterocycles. The quantitative estimate of drug-likeness (QED) is 0.0195. The van der Waals surface area contributed by atoms with Crippen LogP contribution in [0.5, 0.6) is 0 Å². The highest BCUT2D eigenvalue weighted by atomic mass is 16.7. The second kappa shape index (κ2) is 56.5. The number of unbranched alkanes of at least 4 members (excludes halogenated alkanes) is 37. The van der Waals surface area contributed by atoms with Gasteiger partial charge >= 0.3 is 5.97 Å². The van der Waals surface area contributed by atoms with E-state index in [2.05, 4.69) is 55.6 Å². The molecule has 11 nitrogen and oxygen atoms in total. The predicted molar refractivity (Wildman–Crippen MR) is 324 cm³/mol. The maximum atomic E-state index is 13.1. The molecule has 1 fully saturated rings. The smallest absolute Gasteiger partial charge is 0.305 e. The molecule has 0 aromatic carbocycles. The summed E-state index contributed by atoms with van der Waals surface area (Å²) in [5.41, 5.74) is 0. The van der Waals surface area contributed by atoms with Crippen molar-refractivity contribution in [1.82, 2.24) is 5.32 Å². The van der Waals surface area contributed by atoms with E-state index in [0.29, 0.717) is 19.4 Å². The first-order chi connectivity index (χ1) is 38.2. The van der Waals surface area contributed by atoms with E-state index in [1.165, 1.54) is 193 Å². The molecule has 1 saturated heterocycles.